The van der Waals surface area contributed by atoms with Gasteiger partial charge in [0.25, 0.3) is 0 Å². The molecule has 0 unspecified atom stereocenters. The number of carbonyl (C=O) groups is 2. The van der Waals surface area contributed by atoms with Crippen molar-refractivity contribution in [2.75, 3.05) is 11.9 Å². The van der Waals surface area contributed by atoms with Crippen LogP contribution in [0.25, 0.3) is 0 Å². The van der Waals surface area contributed by atoms with Gasteiger partial charge in [0.1, 0.15) is 6.54 Å². The van der Waals surface area contributed by atoms with Crippen LogP contribution in [0, 0.1) is 11.3 Å². The molecule has 0 bridgehead atoms. The number of anilines is 1. The minimum Gasteiger partial charge on any atom is -0.480 e. The van der Waals surface area contributed by atoms with Crippen molar-refractivity contribution < 1.29 is 14.7 Å². The molecular weight excluding hydrogens is 210 g/mol. The lowest BCUT2D eigenvalue weighted by Crippen LogP contribution is -2.33. The molecule has 0 heterocycles. The Hall–Kier alpha value is -2.55. The third kappa shape index (κ3) is 3.67. The molecule has 0 saturated carbocycles. The van der Waals surface area contributed by atoms with Crippen molar-refractivity contribution in [2.45, 2.75) is 0 Å². The fourth-order valence-corrected chi connectivity index (χ4v) is 0.998. The number of urea groups is 1. The van der Waals surface area contributed by atoms with Crippen LogP contribution in [-0.2, 0) is 4.79 Å². The predicted molar refractivity (Wildman–Crippen MR) is 55.8 cm³/mol. The average Bonchev–Trinajstić information content (AvgIpc) is 2.26. The summed E-state index contributed by atoms with van der Waals surface area (Å²) in [5.41, 5.74) is 0.845. The Morgan fingerprint density at radius 2 is 2.19 bits per heavy atom. The number of carboxylic acids is 1. The molecule has 1 rings (SSSR count). The molecule has 82 valence electrons. The normalized spacial score (nSPS) is 8.94. The van der Waals surface area contributed by atoms with Gasteiger partial charge in [-0.3, -0.25) is 4.79 Å². The molecular formula is C10H9N3O3. The van der Waals surface area contributed by atoms with E-state index in [1.165, 1.54) is 6.07 Å². The summed E-state index contributed by atoms with van der Waals surface area (Å²) in [4.78, 5) is 21.3. The van der Waals surface area contributed by atoms with E-state index in [0.717, 1.165) is 0 Å². The van der Waals surface area contributed by atoms with Crippen LogP contribution in [0.5, 0.6) is 0 Å². The predicted octanol–water partition coefficient (Wildman–Crippen LogP) is 0.764. The number of benzene rings is 1. The molecule has 1 aromatic rings. The highest BCUT2D eigenvalue weighted by Crippen LogP contribution is 2.09. The van der Waals surface area contributed by atoms with E-state index in [1.54, 1.807) is 18.2 Å². The van der Waals surface area contributed by atoms with Gasteiger partial charge < -0.3 is 15.7 Å². The van der Waals surface area contributed by atoms with Crippen molar-refractivity contribution in [1.82, 2.24) is 5.32 Å². The second kappa shape index (κ2) is 5.36. The summed E-state index contributed by atoms with van der Waals surface area (Å²) in [6.45, 7) is -0.455. The lowest BCUT2D eigenvalue weighted by Gasteiger charge is -2.05. The Morgan fingerprint density at radius 1 is 1.44 bits per heavy atom. The van der Waals surface area contributed by atoms with Crippen LogP contribution in [0.2, 0.25) is 0 Å². The van der Waals surface area contributed by atoms with E-state index in [4.69, 9.17) is 10.4 Å². The SMILES string of the molecule is N#Cc1cccc(NC(=O)NCC(=O)O)c1. The third-order valence-electron chi connectivity index (χ3n) is 1.65. The van der Waals surface area contributed by atoms with Crippen molar-refractivity contribution >= 4 is 17.7 Å². The van der Waals surface area contributed by atoms with Gasteiger partial charge in [0, 0.05) is 5.69 Å². The maximum atomic E-state index is 11.1. The highest BCUT2D eigenvalue weighted by atomic mass is 16.4. The Balaban J connectivity index is 2.56. The van der Waals surface area contributed by atoms with Gasteiger partial charge in [-0.2, -0.15) is 5.26 Å². The largest absolute Gasteiger partial charge is 0.480 e. The van der Waals surface area contributed by atoms with Gasteiger partial charge in [0.05, 0.1) is 11.6 Å². The van der Waals surface area contributed by atoms with Crippen molar-refractivity contribution in [3.63, 3.8) is 0 Å². The first-order chi connectivity index (χ1) is 7.61. The van der Waals surface area contributed by atoms with Crippen molar-refractivity contribution in [3.05, 3.63) is 29.8 Å². The molecule has 0 aliphatic rings. The molecule has 2 amide bonds. The topological polar surface area (TPSA) is 102 Å². The lowest BCUT2D eigenvalue weighted by molar-refractivity contribution is -0.135. The summed E-state index contributed by atoms with van der Waals surface area (Å²) in [7, 11) is 0. The molecule has 1 aromatic carbocycles. The van der Waals surface area contributed by atoms with Crippen molar-refractivity contribution in [2.24, 2.45) is 0 Å². The number of nitrogens with zero attached hydrogens (tertiary/aromatic N) is 1. The summed E-state index contributed by atoms with van der Waals surface area (Å²) in [6.07, 6.45) is 0. The first kappa shape index (κ1) is 11.5. The molecule has 0 radical (unpaired) electrons. The van der Waals surface area contributed by atoms with Crippen LogP contribution in [-0.4, -0.2) is 23.7 Å². The molecule has 6 heteroatoms. The van der Waals surface area contributed by atoms with Gasteiger partial charge in [0.2, 0.25) is 0 Å². The number of rotatable bonds is 3. The monoisotopic (exact) mass is 219 g/mol. The van der Waals surface area contributed by atoms with Gasteiger partial charge in [-0.05, 0) is 18.2 Å². The zero-order chi connectivity index (χ0) is 12.0. The van der Waals surface area contributed by atoms with E-state index < -0.39 is 18.5 Å². The van der Waals surface area contributed by atoms with Crippen molar-refractivity contribution in [1.29, 1.82) is 5.26 Å². The Bertz CT molecular complexity index is 451. The number of hydrogen-bond donors (Lipinski definition) is 3. The second-order valence-corrected chi connectivity index (χ2v) is 2.89. The summed E-state index contributed by atoms with van der Waals surface area (Å²) >= 11 is 0. The molecule has 16 heavy (non-hydrogen) atoms. The van der Waals surface area contributed by atoms with Crippen LogP contribution in [0.3, 0.4) is 0 Å². The lowest BCUT2D eigenvalue weighted by atomic mass is 10.2. The van der Waals surface area contributed by atoms with E-state index >= 15 is 0 Å². The zero-order valence-corrected chi connectivity index (χ0v) is 8.23. The van der Waals surface area contributed by atoms with E-state index in [9.17, 15) is 9.59 Å². The van der Waals surface area contributed by atoms with Crippen LogP contribution in [0.4, 0.5) is 10.5 Å². The fraction of sp³-hybridized carbons (Fsp3) is 0.100. The maximum absolute atomic E-state index is 11.1. The summed E-state index contributed by atoms with van der Waals surface area (Å²) < 4.78 is 0. The molecule has 0 fully saturated rings. The van der Waals surface area contributed by atoms with E-state index in [2.05, 4.69) is 10.6 Å². The highest BCUT2D eigenvalue weighted by Gasteiger charge is 2.03. The highest BCUT2D eigenvalue weighted by molar-refractivity contribution is 5.91. The van der Waals surface area contributed by atoms with Crippen molar-refractivity contribution in [3.8, 4) is 6.07 Å². The van der Waals surface area contributed by atoms with Gasteiger partial charge in [-0.25, -0.2) is 4.79 Å². The van der Waals surface area contributed by atoms with Crippen LogP contribution >= 0.6 is 0 Å². The summed E-state index contributed by atoms with van der Waals surface area (Å²) in [6, 6.07) is 7.60. The van der Waals surface area contributed by atoms with Crippen LogP contribution < -0.4 is 10.6 Å². The maximum Gasteiger partial charge on any atom is 0.323 e. The molecule has 6 nitrogen and oxygen atoms in total. The molecule has 0 saturated heterocycles. The number of nitrogens with one attached hydrogen (secondary N) is 2. The fourth-order valence-electron chi connectivity index (χ4n) is 0.998. The molecule has 0 spiro atoms. The molecule has 3 N–H and O–H groups in total. The number of aliphatic carboxylic acids is 1. The van der Waals surface area contributed by atoms with E-state index in [1.807, 2.05) is 6.07 Å². The molecule has 0 aromatic heterocycles. The van der Waals surface area contributed by atoms with Gasteiger partial charge >= 0.3 is 12.0 Å². The van der Waals surface area contributed by atoms with Gasteiger partial charge in [0.15, 0.2) is 0 Å². The minimum atomic E-state index is -1.12. The number of carboxylic acid groups (broad SMARTS) is 1. The quantitative estimate of drug-likeness (QED) is 0.698. The van der Waals surface area contributed by atoms with E-state index in [-0.39, 0.29) is 0 Å². The number of carbonyl (C=O) groups excluding carboxylic acids is 1. The Morgan fingerprint density at radius 3 is 2.81 bits per heavy atom. The first-order valence-electron chi connectivity index (χ1n) is 4.38. The third-order valence-corrected chi connectivity index (χ3v) is 1.65. The number of hydrogen-bond acceptors (Lipinski definition) is 3. The Kier molecular flexibility index (Phi) is 3.86. The molecule has 0 aliphatic heterocycles. The summed E-state index contributed by atoms with van der Waals surface area (Å²) in [5.74, 6) is -1.12. The molecule has 0 atom stereocenters. The van der Waals surface area contributed by atoms with Crippen LogP contribution in [0.1, 0.15) is 5.56 Å². The smallest absolute Gasteiger partial charge is 0.323 e. The first-order valence-corrected chi connectivity index (χ1v) is 4.38. The Labute approximate surface area is 91.5 Å². The van der Waals surface area contributed by atoms with Gasteiger partial charge in [-0.15, -0.1) is 0 Å². The minimum absolute atomic E-state index is 0.413. The average molecular weight is 219 g/mol. The van der Waals surface area contributed by atoms with E-state index in [0.29, 0.717) is 11.3 Å². The zero-order valence-electron chi connectivity index (χ0n) is 8.23. The number of nitriles is 1. The standard InChI is InChI=1S/C10H9N3O3/c11-5-7-2-1-3-8(4-7)13-10(16)12-6-9(14)15/h1-4H,6H2,(H,14,15)(H2,12,13,16). The molecule has 0 aliphatic carbocycles. The summed E-state index contributed by atoms with van der Waals surface area (Å²) in [5, 5.41) is 21.5. The van der Waals surface area contributed by atoms with Gasteiger partial charge in [-0.1, -0.05) is 6.07 Å². The second-order valence-electron chi connectivity index (χ2n) is 2.89. The van der Waals surface area contributed by atoms with Crippen LogP contribution in [0.15, 0.2) is 24.3 Å². The number of amides is 2.